The molecule has 0 unspecified atom stereocenters. The molecule has 0 spiro atoms. The molecule has 6 rings (SSSR count). The van der Waals surface area contributed by atoms with Crippen molar-refractivity contribution in [2.75, 3.05) is 0 Å². The lowest BCUT2D eigenvalue weighted by Gasteiger charge is -2.41. The monoisotopic (exact) mass is 621 g/mol. The average Bonchev–Trinajstić information content (AvgIpc) is 3.37. The minimum Gasteiger partial charge on any atom is -0.507 e. The van der Waals surface area contributed by atoms with Crippen LogP contribution in [0.3, 0.4) is 0 Å². The van der Waals surface area contributed by atoms with Gasteiger partial charge >= 0.3 is 0 Å². The Hall–Kier alpha value is -3.50. The predicted octanol–water partition coefficient (Wildman–Crippen LogP) is 10.6. The molecule has 2 N–H and O–H groups in total. The van der Waals surface area contributed by atoms with Crippen LogP contribution in [0.25, 0.3) is 10.9 Å². The minimum absolute atomic E-state index is 0.000882. The van der Waals surface area contributed by atoms with Gasteiger partial charge in [0.05, 0.1) is 5.52 Å². The maximum atomic E-state index is 11.6. The van der Waals surface area contributed by atoms with Crippen LogP contribution in [-0.2, 0) is 10.8 Å². The average molecular weight is 623 g/mol. The van der Waals surface area contributed by atoms with Crippen LogP contribution in [0.4, 0.5) is 0 Å². The Morgan fingerprint density at radius 1 is 0.762 bits per heavy atom. The van der Waals surface area contributed by atoms with Gasteiger partial charge in [-0.1, -0.05) is 114 Å². The van der Waals surface area contributed by atoms with Crippen molar-refractivity contribution in [3.05, 3.63) is 128 Å². The van der Waals surface area contributed by atoms with Gasteiger partial charge < -0.3 is 14.8 Å². The summed E-state index contributed by atoms with van der Waals surface area (Å²) in [5.41, 5.74) is 8.53. The van der Waals surface area contributed by atoms with Crippen molar-refractivity contribution >= 4 is 26.8 Å². The molecule has 0 saturated carbocycles. The number of aryl methyl sites for hydroxylation is 1. The highest BCUT2D eigenvalue weighted by molar-refractivity contribution is 9.10. The van der Waals surface area contributed by atoms with Crippen LogP contribution in [0.2, 0.25) is 0 Å². The van der Waals surface area contributed by atoms with Crippen LogP contribution >= 0.6 is 15.9 Å². The summed E-state index contributed by atoms with van der Waals surface area (Å²) in [5.74, 6) is 1.31. The van der Waals surface area contributed by atoms with Crippen LogP contribution < -0.4 is 4.74 Å². The van der Waals surface area contributed by atoms with E-state index in [1.54, 1.807) is 0 Å². The topological polar surface area (TPSA) is 45.2 Å². The largest absolute Gasteiger partial charge is 0.507 e. The van der Waals surface area contributed by atoms with Crippen LogP contribution in [0.15, 0.2) is 89.5 Å². The van der Waals surface area contributed by atoms with E-state index >= 15 is 0 Å². The van der Waals surface area contributed by atoms with Gasteiger partial charge in [0.1, 0.15) is 17.6 Å². The highest BCUT2D eigenvalue weighted by Crippen LogP contribution is 2.56. The quantitative estimate of drug-likeness (QED) is 0.210. The molecular weight excluding hydrogens is 582 g/mol. The van der Waals surface area contributed by atoms with Gasteiger partial charge in [-0.25, -0.2) is 0 Å². The van der Waals surface area contributed by atoms with Gasteiger partial charge in [0.2, 0.25) is 0 Å². The van der Waals surface area contributed by atoms with Crippen molar-refractivity contribution in [2.24, 2.45) is 0 Å². The number of aromatic amines is 1. The third-order valence-electron chi connectivity index (χ3n) is 8.73. The van der Waals surface area contributed by atoms with Crippen LogP contribution in [-0.4, -0.2) is 10.1 Å². The molecule has 5 aromatic rings. The van der Waals surface area contributed by atoms with Gasteiger partial charge in [-0.05, 0) is 68.1 Å². The summed E-state index contributed by atoms with van der Waals surface area (Å²) in [4.78, 5) is 3.52. The molecule has 0 bridgehead atoms. The molecule has 3 atom stereocenters. The molecule has 42 heavy (non-hydrogen) atoms. The first kappa shape index (κ1) is 28.6. The van der Waals surface area contributed by atoms with Crippen LogP contribution in [0.1, 0.15) is 98.4 Å². The molecule has 0 radical (unpaired) electrons. The van der Waals surface area contributed by atoms with E-state index in [1.807, 2.05) is 0 Å². The summed E-state index contributed by atoms with van der Waals surface area (Å²) in [7, 11) is 0. The number of fused-ring (bicyclic) bond motifs is 2. The van der Waals surface area contributed by atoms with Crippen molar-refractivity contribution in [2.45, 2.75) is 77.2 Å². The lowest BCUT2D eigenvalue weighted by molar-refractivity contribution is 0.142. The first-order chi connectivity index (χ1) is 19.8. The van der Waals surface area contributed by atoms with E-state index in [0.717, 1.165) is 37.8 Å². The Kier molecular flexibility index (Phi) is 7.05. The number of para-hydroxylation sites is 1. The van der Waals surface area contributed by atoms with E-state index in [1.165, 1.54) is 22.3 Å². The number of H-pyrrole nitrogens is 1. The molecule has 4 aromatic carbocycles. The predicted molar refractivity (Wildman–Crippen MR) is 177 cm³/mol. The Morgan fingerprint density at radius 2 is 1.43 bits per heavy atom. The third kappa shape index (κ3) is 4.94. The summed E-state index contributed by atoms with van der Waals surface area (Å²) >= 11 is 3.74. The molecule has 1 aromatic heterocycles. The minimum atomic E-state index is -0.236. The number of ether oxygens (including phenoxy) is 1. The Balaban J connectivity index is 1.69. The molecule has 4 heteroatoms. The van der Waals surface area contributed by atoms with Gasteiger partial charge in [0.25, 0.3) is 0 Å². The number of hydrogen-bond donors (Lipinski definition) is 2. The van der Waals surface area contributed by atoms with Gasteiger partial charge in [-0.3, -0.25) is 0 Å². The first-order valence-corrected chi connectivity index (χ1v) is 15.6. The second kappa shape index (κ2) is 10.3. The van der Waals surface area contributed by atoms with Gasteiger partial charge in [-0.2, -0.15) is 0 Å². The highest BCUT2D eigenvalue weighted by atomic mass is 79.9. The van der Waals surface area contributed by atoms with E-state index < -0.39 is 0 Å². The number of hydrogen-bond acceptors (Lipinski definition) is 2. The van der Waals surface area contributed by atoms with Gasteiger partial charge in [-0.15, -0.1) is 0 Å². The van der Waals surface area contributed by atoms with Gasteiger partial charge in [0, 0.05) is 39.0 Å². The SMILES string of the molecule is Cc1ccc2c(c1)[C@H](c1cc(C(C)(C)C)c(O)c(C(C)(C)C)c1)[C@H](c1ccccc1)[C@@H](c1c[nH]c3c(Br)cccc13)O2. The number of phenols is 1. The molecule has 0 fully saturated rings. The zero-order valence-corrected chi connectivity index (χ0v) is 27.1. The molecule has 3 nitrogen and oxygen atoms in total. The Bertz CT molecular complexity index is 1740. The number of nitrogens with one attached hydrogen (secondary N) is 1. The van der Waals surface area contributed by atoms with E-state index in [9.17, 15) is 5.11 Å². The fraction of sp³-hybridized carbons (Fsp3) is 0.316. The molecule has 0 saturated heterocycles. The van der Waals surface area contributed by atoms with Crippen molar-refractivity contribution in [1.29, 1.82) is 0 Å². The summed E-state index contributed by atoms with van der Waals surface area (Å²) < 4.78 is 8.07. The molecule has 0 aliphatic carbocycles. The molecule has 0 amide bonds. The van der Waals surface area contributed by atoms with Crippen LogP contribution in [0, 0.1) is 6.92 Å². The lowest BCUT2D eigenvalue weighted by atomic mass is 9.68. The van der Waals surface area contributed by atoms with Crippen molar-refractivity contribution in [3.8, 4) is 11.5 Å². The Labute approximate surface area is 258 Å². The fourth-order valence-electron chi connectivity index (χ4n) is 6.64. The summed E-state index contributed by atoms with van der Waals surface area (Å²) in [5, 5.41) is 12.8. The number of rotatable bonds is 3. The van der Waals surface area contributed by atoms with Crippen molar-refractivity contribution in [1.82, 2.24) is 4.98 Å². The highest BCUT2D eigenvalue weighted by Gasteiger charge is 2.43. The zero-order chi connectivity index (χ0) is 30.0. The molecular formula is C38H40BrNO2. The second-order valence-electron chi connectivity index (χ2n) is 13.9. The Morgan fingerprint density at radius 3 is 2.07 bits per heavy atom. The smallest absolute Gasteiger partial charge is 0.134 e. The maximum Gasteiger partial charge on any atom is 0.134 e. The second-order valence-corrected chi connectivity index (χ2v) is 14.7. The number of aromatic nitrogens is 1. The number of halogens is 1. The third-order valence-corrected chi connectivity index (χ3v) is 9.40. The van der Waals surface area contributed by atoms with Gasteiger partial charge in [0.15, 0.2) is 0 Å². The molecule has 1 aliphatic heterocycles. The molecule has 1 aliphatic rings. The molecule has 216 valence electrons. The number of aromatic hydroxyl groups is 1. The molecule has 2 heterocycles. The maximum absolute atomic E-state index is 11.6. The first-order valence-electron chi connectivity index (χ1n) is 14.8. The lowest BCUT2D eigenvalue weighted by Crippen LogP contribution is -2.30. The van der Waals surface area contributed by atoms with E-state index in [4.69, 9.17) is 4.74 Å². The zero-order valence-electron chi connectivity index (χ0n) is 25.5. The number of phenolic OH excluding ortho intramolecular Hbond substituents is 1. The van der Waals surface area contributed by atoms with Crippen molar-refractivity contribution in [3.63, 3.8) is 0 Å². The fourth-order valence-corrected chi connectivity index (χ4v) is 7.12. The summed E-state index contributed by atoms with van der Waals surface area (Å²) in [6.07, 6.45) is 1.88. The van der Waals surface area contributed by atoms with Crippen molar-refractivity contribution < 1.29 is 9.84 Å². The normalized spacial score (nSPS) is 19.0. The van der Waals surface area contributed by atoms with E-state index in [-0.39, 0.29) is 28.8 Å². The van der Waals surface area contributed by atoms with E-state index in [2.05, 4.69) is 154 Å². The van der Waals surface area contributed by atoms with Crippen LogP contribution in [0.5, 0.6) is 11.5 Å². The summed E-state index contributed by atoms with van der Waals surface area (Å²) in [6.45, 7) is 15.2. The standard InChI is InChI=1S/C38H40BrNO2/c1-22-16-17-31-26(18-22)32(24-19-28(37(2,3)4)35(41)29(20-24)38(5,6)7)33(23-12-9-8-10-13-23)36(42-31)27-21-40-34-25(27)14-11-15-30(34)39/h8-21,32-33,36,40-41H,1-7H3/t32-,33-,36+/m0/s1. The van der Waals surface area contributed by atoms with E-state index in [0.29, 0.717) is 5.75 Å². The number of benzene rings is 4. The summed E-state index contributed by atoms with van der Waals surface area (Å²) in [6, 6.07) is 28.2.